The van der Waals surface area contributed by atoms with E-state index in [2.05, 4.69) is 36.0 Å². The van der Waals surface area contributed by atoms with Gasteiger partial charge in [-0.05, 0) is 46.7 Å². The number of piperidine rings is 1. The number of nitrogens with zero attached hydrogens (tertiary/aromatic N) is 2. The van der Waals surface area contributed by atoms with Crippen LogP contribution in [0, 0.1) is 0 Å². The Labute approximate surface area is 99.3 Å². The molecular formula is C12H26N4. The molecule has 94 valence electrons. The van der Waals surface area contributed by atoms with Crippen molar-refractivity contribution in [2.75, 3.05) is 26.2 Å². The number of rotatable bonds is 3. The topological polar surface area (TPSA) is 53.6 Å². The van der Waals surface area contributed by atoms with Crippen LogP contribution in [0.4, 0.5) is 0 Å². The molecule has 4 nitrogen and oxygen atoms in total. The Morgan fingerprint density at radius 1 is 1.25 bits per heavy atom. The maximum Gasteiger partial charge on any atom is 0.189 e. The van der Waals surface area contributed by atoms with Crippen molar-refractivity contribution in [3.63, 3.8) is 0 Å². The lowest BCUT2D eigenvalue weighted by molar-refractivity contribution is 0.235. The van der Waals surface area contributed by atoms with Crippen molar-refractivity contribution in [3.8, 4) is 0 Å². The summed E-state index contributed by atoms with van der Waals surface area (Å²) < 4.78 is 0. The van der Waals surface area contributed by atoms with Gasteiger partial charge in [-0.1, -0.05) is 6.42 Å². The first-order chi connectivity index (χ1) is 7.47. The number of hydrogen-bond acceptors (Lipinski definition) is 2. The molecule has 0 bridgehead atoms. The minimum absolute atomic E-state index is 0.00128. The van der Waals surface area contributed by atoms with Crippen LogP contribution in [0.1, 0.15) is 40.0 Å². The highest BCUT2D eigenvalue weighted by atomic mass is 15.2. The standard InChI is InChI=1S/C12H26N4/c1-12(2,3)15-11(13)14-7-10-16-8-5-4-6-9-16/h4-10H2,1-3H3,(H3,13,14,15). The van der Waals surface area contributed by atoms with E-state index in [1.807, 2.05) is 0 Å². The molecule has 0 unspecified atom stereocenters. The van der Waals surface area contributed by atoms with E-state index in [4.69, 9.17) is 5.73 Å². The average molecular weight is 226 g/mol. The summed E-state index contributed by atoms with van der Waals surface area (Å²) in [6, 6.07) is 0. The third-order valence-corrected chi connectivity index (χ3v) is 2.65. The molecule has 0 saturated carbocycles. The fraction of sp³-hybridized carbons (Fsp3) is 0.917. The number of aliphatic imine (C=N–C) groups is 1. The van der Waals surface area contributed by atoms with Gasteiger partial charge in [-0.2, -0.15) is 0 Å². The van der Waals surface area contributed by atoms with Crippen molar-refractivity contribution in [2.24, 2.45) is 10.7 Å². The van der Waals surface area contributed by atoms with E-state index < -0.39 is 0 Å². The monoisotopic (exact) mass is 226 g/mol. The molecule has 1 aliphatic heterocycles. The highest BCUT2D eigenvalue weighted by Crippen LogP contribution is 2.07. The molecule has 1 rings (SSSR count). The van der Waals surface area contributed by atoms with Gasteiger partial charge in [0.05, 0.1) is 6.54 Å². The van der Waals surface area contributed by atoms with Crippen molar-refractivity contribution >= 4 is 5.96 Å². The van der Waals surface area contributed by atoms with E-state index >= 15 is 0 Å². The molecule has 1 aliphatic rings. The molecule has 0 aromatic carbocycles. The Bertz CT molecular complexity index is 224. The van der Waals surface area contributed by atoms with Gasteiger partial charge in [0.25, 0.3) is 0 Å². The van der Waals surface area contributed by atoms with Crippen LogP contribution < -0.4 is 11.1 Å². The summed E-state index contributed by atoms with van der Waals surface area (Å²) in [6.07, 6.45) is 4.05. The summed E-state index contributed by atoms with van der Waals surface area (Å²) in [4.78, 5) is 6.81. The number of nitrogens with one attached hydrogen (secondary N) is 1. The van der Waals surface area contributed by atoms with Crippen molar-refractivity contribution in [2.45, 2.75) is 45.6 Å². The largest absolute Gasteiger partial charge is 0.370 e. The second-order valence-corrected chi connectivity index (χ2v) is 5.54. The average Bonchev–Trinajstić information content (AvgIpc) is 2.16. The van der Waals surface area contributed by atoms with Gasteiger partial charge in [0.1, 0.15) is 0 Å². The molecule has 3 N–H and O–H groups in total. The van der Waals surface area contributed by atoms with Gasteiger partial charge >= 0.3 is 0 Å². The zero-order valence-corrected chi connectivity index (χ0v) is 10.9. The molecular weight excluding hydrogens is 200 g/mol. The quantitative estimate of drug-likeness (QED) is 0.561. The third kappa shape index (κ3) is 5.95. The number of nitrogens with two attached hydrogens (primary N) is 1. The highest BCUT2D eigenvalue weighted by molar-refractivity contribution is 5.78. The minimum atomic E-state index is -0.00128. The molecule has 0 aliphatic carbocycles. The van der Waals surface area contributed by atoms with Gasteiger partial charge < -0.3 is 16.0 Å². The Morgan fingerprint density at radius 3 is 2.44 bits per heavy atom. The molecule has 16 heavy (non-hydrogen) atoms. The summed E-state index contributed by atoms with van der Waals surface area (Å²) in [5, 5.41) is 3.17. The van der Waals surface area contributed by atoms with Crippen molar-refractivity contribution < 1.29 is 0 Å². The summed E-state index contributed by atoms with van der Waals surface area (Å²) in [6.45, 7) is 10.5. The lowest BCUT2D eigenvalue weighted by Crippen LogP contribution is -2.45. The van der Waals surface area contributed by atoms with Gasteiger partial charge in [-0.3, -0.25) is 4.99 Å². The van der Waals surface area contributed by atoms with Crippen LogP contribution in [0.15, 0.2) is 4.99 Å². The van der Waals surface area contributed by atoms with Gasteiger partial charge in [0.15, 0.2) is 5.96 Å². The highest BCUT2D eigenvalue weighted by Gasteiger charge is 2.11. The SMILES string of the molecule is CC(C)(C)NC(N)=NCCN1CCCCC1. The van der Waals surface area contributed by atoms with Crippen molar-refractivity contribution in [1.29, 1.82) is 0 Å². The fourth-order valence-corrected chi connectivity index (χ4v) is 1.92. The Hall–Kier alpha value is -0.770. The summed E-state index contributed by atoms with van der Waals surface area (Å²) in [5.41, 5.74) is 5.79. The first kappa shape index (κ1) is 13.3. The second-order valence-electron chi connectivity index (χ2n) is 5.54. The van der Waals surface area contributed by atoms with Crippen LogP contribution in [0.25, 0.3) is 0 Å². The number of hydrogen-bond donors (Lipinski definition) is 2. The summed E-state index contributed by atoms with van der Waals surface area (Å²) in [5.74, 6) is 0.560. The van der Waals surface area contributed by atoms with E-state index in [9.17, 15) is 0 Å². The maximum absolute atomic E-state index is 5.80. The first-order valence-electron chi connectivity index (χ1n) is 6.28. The third-order valence-electron chi connectivity index (χ3n) is 2.65. The normalized spacial score (nSPS) is 19.8. The number of likely N-dealkylation sites (tertiary alicyclic amines) is 1. The smallest absolute Gasteiger partial charge is 0.189 e. The Balaban J connectivity index is 2.19. The zero-order valence-electron chi connectivity index (χ0n) is 10.9. The Morgan fingerprint density at radius 2 is 1.88 bits per heavy atom. The van der Waals surface area contributed by atoms with Gasteiger partial charge in [0, 0.05) is 12.1 Å². The van der Waals surface area contributed by atoms with Crippen molar-refractivity contribution in [3.05, 3.63) is 0 Å². The van der Waals surface area contributed by atoms with Crippen LogP contribution in [0.3, 0.4) is 0 Å². The molecule has 0 amide bonds. The number of guanidine groups is 1. The lowest BCUT2D eigenvalue weighted by atomic mass is 10.1. The molecule has 0 aromatic heterocycles. The fourth-order valence-electron chi connectivity index (χ4n) is 1.92. The van der Waals surface area contributed by atoms with Crippen LogP contribution in [0.5, 0.6) is 0 Å². The second kappa shape index (κ2) is 6.09. The van der Waals surface area contributed by atoms with Crippen LogP contribution in [-0.4, -0.2) is 42.6 Å². The van der Waals surface area contributed by atoms with E-state index in [1.165, 1.54) is 32.4 Å². The maximum atomic E-state index is 5.80. The minimum Gasteiger partial charge on any atom is -0.370 e. The molecule has 0 aromatic rings. The van der Waals surface area contributed by atoms with Crippen LogP contribution >= 0.6 is 0 Å². The zero-order chi connectivity index (χ0) is 12.0. The molecule has 1 saturated heterocycles. The summed E-state index contributed by atoms with van der Waals surface area (Å²) in [7, 11) is 0. The van der Waals surface area contributed by atoms with Crippen molar-refractivity contribution in [1.82, 2.24) is 10.2 Å². The van der Waals surface area contributed by atoms with Gasteiger partial charge in [-0.15, -0.1) is 0 Å². The molecule has 0 atom stereocenters. The molecule has 4 heteroatoms. The Kier molecular flexibility index (Phi) is 5.06. The van der Waals surface area contributed by atoms with Crippen LogP contribution in [0.2, 0.25) is 0 Å². The van der Waals surface area contributed by atoms with Gasteiger partial charge in [-0.25, -0.2) is 0 Å². The predicted molar refractivity (Wildman–Crippen MR) is 69.7 cm³/mol. The molecule has 0 spiro atoms. The predicted octanol–water partition coefficient (Wildman–Crippen LogP) is 1.18. The van der Waals surface area contributed by atoms with E-state index in [0.29, 0.717) is 5.96 Å². The molecule has 0 radical (unpaired) electrons. The van der Waals surface area contributed by atoms with E-state index in [1.54, 1.807) is 0 Å². The van der Waals surface area contributed by atoms with E-state index in [0.717, 1.165) is 13.1 Å². The first-order valence-corrected chi connectivity index (χ1v) is 6.28. The van der Waals surface area contributed by atoms with E-state index in [-0.39, 0.29) is 5.54 Å². The molecule has 1 heterocycles. The summed E-state index contributed by atoms with van der Waals surface area (Å²) >= 11 is 0. The molecule has 1 fully saturated rings. The van der Waals surface area contributed by atoms with Gasteiger partial charge in [0.2, 0.25) is 0 Å². The van der Waals surface area contributed by atoms with Crippen LogP contribution in [-0.2, 0) is 0 Å². The lowest BCUT2D eigenvalue weighted by Gasteiger charge is -2.26.